The molecule has 0 aliphatic carbocycles. The molecule has 0 unspecified atom stereocenters. The number of nitrogens with two attached hydrogens (primary N) is 1. The molecule has 10 nitrogen and oxygen atoms in total. The Morgan fingerprint density at radius 3 is 2.49 bits per heavy atom. The number of nitrogens with one attached hydrogen (secondary N) is 1. The molecule has 0 bridgehead atoms. The first-order valence-electron chi connectivity index (χ1n) is 14.2. The van der Waals surface area contributed by atoms with Crippen LogP contribution in [0.3, 0.4) is 0 Å². The Morgan fingerprint density at radius 1 is 1.05 bits per heavy atom. The van der Waals surface area contributed by atoms with E-state index in [-0.39, 0.29) is 37.5 Å². The third kappa shape index (κ3) is 5.81. The van der Waals surface area contributed by atoms with Gasteiger partial charge in [0, 0.05) is 19.5 Å². The molecule has 3 N–H and O–H groups in total. The van der Waals surface area contributed by atoms with E-state index in [4.69, 9.17) is 5.73 Å². The average Bonchev–Trinajstić information content (AvgIpc) is 3.56. The summed E-state index contributed by atoms with van der Waals surface area (Å²) in [6.45, 7) is 4.90. The second-order valence-electron chi connectivity index (χ2n) is 10.6. The molecular formula is C32H33N7O3S. The van der Waals surface area contributed by atoms with Gasteiger partial charge in [-0.3, -0.25) is 14.6 Å². The third-order valence-corrected chi connectivity index (χ3v) is 8.70. The average molecular weight is 596 g/mol. The number of hydrazine groups is 1. The van der Waals surface area contributed by atoms with Crippen LogP contribution in [0.4, 0.5) is 9.93 Å². The van der Waals surface area contributed by atoms with Gasteiger partial charge in [-0.1, -0.05) is 90.2 Å². The molecule has 220 valence electrons. The number of benzene rings is 3. The van der Waals surface area contributed by atoms with Crippen molar-refractivity contribution in [1.29, 1.82) is 0 Å². The minimum atomic E-state index is -0.726. The van der Waals surface area contributed by atoms with Gasteiger partial charge < -0.3 is 20.9 Å². The number of carbonyl (C=O) groups is 3. The molecule has 2 aliphatic rings. The zero-order chi connectivity index (χ0) is 29.9. The highest BCUT2D eigenvalue weighted by molar-refractivity contribution is 7.22. The maximum Gasteiger partial charge on any atom is 0.332 e. The lowest BCUT2D eigenvalue weighted by atomic mass is 10.00. The van der Waals surface area contributed by atoms with Crippen molar-refractivity contribution >= 4 is 44.5 Å². The second-order valence-corrected chi connectivity index (χ2v) is 11.7. The number of hydrogen-bond acceptors (Lipinski definition) is 7. The summed E-state index contributed by atoms with van der Waals surface area (Å²) in [4.78, 5) is 49.2. The van der Waals surface area contributed by atoms with Crippen molar-refractivity contribution in [3.8, 4) is 0 Å². The van der Waals surface area contributed by atoms with Gasteiger partial charge >= 0.3 is 6.03 Å². The number of carbonyl (C=O) groups excluding carboxylic acids is 3. The highest BCUT2D eigenvalue weighted by Gasteiger charge is 2.52. The Bertz CT molecular complexity index is 1640. The van der Waals surface area contributed by atoms with E-state index in [0.717, 1.165) is 26.9 Å². The summed E-state index contributed by atoms with van der Waals surface area (Å²) < 4.78 is 0.951. The van der Waals surface area contributed by atoms with Crippen molar-refractivity contribution in [3.63, 3.8) is 0 Å². The number of amides is 4. The zero-order valence-electron chi connectivity index (χ0n) is 23.6. The predicted molar refractivity (Wildman–Crippen MR) is 166 cm³/mol. The summed E-state index contributed by atoms with van der Waals surface area (Å²) in [6, 6.07) is 24.1. The van der Waals surface area contributed by atoms with Crippen LogP contribution in [0.1, 0.15) is 16.7 Å². The van der Waals surface area contributed by atoms with Crippen molar-refractivity contribution < 1.29 is 14.4 Å². The minimum Gasteiger partial charge on any atom is -0.375 e. The molecule has 2 fully saturated rings. The van der Waals surface area contributed by atoms with E-state index in [2.05, 4.69) is 16.9 Å². The maximum absolute atomic E-state index is 14.1. The standard InChI is InChI=1S/C32H33N7O3S/c1-2-16-37(32(42)34-18-23-12-7-4-8-13-23)38-21-28(40)39-25(17-22-10-5-3-6-11-22)30(41)36(20-27(38)39)19-24-14-9-15-26-29(24)35-31(33)43-26/h2-15,25,27H,1,16-21H2,(H2,33,35)(H,34,42)/t25-,27+/m0/s1. The van der Waals surface area contributed by atoms with Crippen LogP contribution in [-0.2, 0) is 29.1 Å². The van der Waals surface area contributed by atoms with Crippen LogP contribution in [-0.4, -0.2) is 74.5 Å². The molecule has 0 saturated carbocycles. The first-order chi connectivity index (χ1) is 20.9. The number of thiazole rings is 1. The highest BCUT2D eigenvalue weighted by atomic mass is 32.1. The number of nitrogen functional groups attached to an aromatic ring is 1. The van der Waals surface area contributed by atoms with Crippen LogP contribution >= 0.6 is 11.3 Å². The molecule has 0 spiro atoms. The molecule has 2 aliphatic heterocycles. The fourth-order valence-corrected chi connectivity index (χ4v) is 6.66. The molecule has 4 amide bonds. The number of urea groups is 1. The lowest BCUT2D eigenvalue weighted by Gasteiger charge is -2.46. The van der Waals surface area contributed by atoms with Crippen molar-refractivity contribution in [1.82, 2.24) is 30.1 Å². The summed E-state index contributed by atoms with van der Waals surface area (Å²) in [5, 5.41) is 6.73. The van der Waals surface area contributed by atoms with Gasteiger partial charge in [0.25, 0.3) is 0 Å². The van der Waals surface area contributed by atoms with E-state index in [0.29, 0.717) is 24.6 Å². The van der Waals surface area contributed by atoms with Gasteiger partial charge in [-0.05, 0) is 22.8 Å². The number of aromatic nitrogens is 1. The SMILES string of the molecule is C=CCN(C(=O)NCc1ccccc1)N1CC(=O)N2[C@@H](Cc3ccccc3)C(=O)N(Cc3cccc4sc(N)nc34)C[C@@H]21. The van der Waals surface area contributed by atoms with Crippen molar-refractivity contribution in [2.75, 3.05) is 25.4 Å². The lowest BCUT2D eigenvalue weighted by Crippen LogP contribution is -2.66. The maximum atomic E-state index is 14.1. The summed E-state index contributed by atoms with van der Waals surface area (Å²) in [6.07, 6.45) is 1.46. The summed E-state index contributed by atoms with van der Waals surface area (Å²) >= 11 is 1.40. The summed E-state index contributed by atoms with van der Waals surface area (Å²) in [5.74, 6) is -0.336. The van der Waals surface area contributed by atoms with Crippen LogP contribution in [0.5, 0.6) is 0 Å². The van der Waals surface area contributed by atoms with Gasteiger partial charge in [0.15, 0.2) is 5.13 Å². The number of piperazine rings is 1. The molecule has 2 atom stereocenters. The second kappa shape index (κ2) is 12.2. The zero-order valence-corrected chi connectivity index (χ0v) is 24.5. The fraction of sp³-hybridized carbons (Fsp3) is 0.250. The summed E-state index contributed by atoms with van der Waals surface area (Å²) in [5.41, 5.74) is 9.57. The molecule has 43 heavy (non-hydrogen) atoms. The molecule has 11 heteroatoms. The Labute approximate surface area is 254 Å². The first-order valence-corrected chi connectivity index (χ1v) is 15.0. The number of para-hydroxylation sites is 1. The molecule has 3 aromatic carbocycles. The monoisotopic (exact) mass is 595 g/mol. The predicted octanol–water partition coefficient (Wildman–Crippen LogP) is 3.62. The molecule has 4 aromatic rings. The van der Waals surface area contributed by atoms with Crippen molar-refractivity contribution in [2.24, 2.45) is 0 Å². The van der Waals surface area contributed by atoms with Crippen molar-refractivity contribution in [3.05, 3.63) is 108 Å². The van der Waals surface area contributed by atoms with Crippen LogP contribution < -0.4 is 11.1 Å². The van der Waals surface area contributed by atoms with Crippen LogP contribution in [0.25, 0.3) is 10.2 Å². The van der Waals surface area contributed by atoms with E-state index in [1.54, 1.807) is 20.9 Å². The molecule has 2 saturated heterocycles. The number of rotatable bonds is 9. The van der Waals surface area contributed by atoms with Gasteiger partial charge in [0.1, 0.15) is 12.2 Å². The van der Waals surface area contributed by atoms with Crippen LogP contribution in [0, 0.1) is 0 Å². The Morgan fingerprint density at radius 2 is 1.77 bits per heavy atom. The Kier molecular flexibility index (Phi) is 8.08. The van der Waals surface area contributed by atoms with Crippen molar-refractivity contribution in [2.45, 2.75) is 31.7 Å². The third-order valence-electron chi connectivity index (χ3n) is 7.85. The lowest BCUT2D eigenvalue weighted by molar-refractivity contribution is -0.157. The van der Waals surface area contributed by atoms with E-state index < -0.39 is 12.2 Å². The fourth-order valence-electron chi connectivity index (χ4n) is 5.88. The first kappa shape index (κ1) is 28.4. The molecule has 6 rings (SSSR count). The van der Waals surface area contributed by atoms with Gasteiger partial charge in [-0.15, -0.1) is 6.58 Å². The Balaban J connectivity index is 1.31. The number of nitrogens with zero attached hydrogens (tertiary/aromatic N) is 5. The highest BCUT2D eigenvalue weighted by Crippen LogP contribution is 2.32. The van der Waals surface area contributed by atoms with E-state index >= 15 is 0 Å². The Hall–Kier alpha value is -4.74. The number of anilines is 1. The smallest absolute Gasteiger partial charge is 0.332 e. The van der Waals surface area contributed by atoms with Gasteiger partial charge in [-0.2, -0.15) is 5.01 Å². The number of fused-ring (bicyclic) bond motifs is 2. The molecule has 1 aromatic heterocycles. The van der Waals surface area contributed by atoms with E-state index in [1.165, 1.54) is 16.3 Å². The topological polar surface area (TPSA) is 115 Å². The largest absolute Gasteiger partial charge is 0.375 e. The van der Waals surface area contributed by atoms with E-state index in [1.807, 2.05) is 78.9 Å². The molecule has 0 radical (unpaired) electrons. The molecular weight excluding hydrogens is 562 g/mol. The number of hydrogen-bond donors (Lipinski definition) is 2. The van der Waals surface area contributed by atoms with Crippen LogP contribution in [0.15, 0.2) is 91.5 Å². The van der Waals surface area contributed by atoms with Gasteiger partial charge in [-0.25, -0.2) is 9.78 Å². The van der Waals surface area contributed by atoms with Gasteiger partial charge in [0.2, 0.25) is 11.8 Å². The summed E-state index contributed by atoms with van der Waals surface area (Å²) in [7, 11) is 0. The quantitative estimate of drug-likeness (QED) is 0.286. The minimum absolute atomic E-state index is 0.0259. The van der Waals surface area contributed by atoms with Gasteiger partial charge in [0.05, 0.1) is 29.9 Å². The molecule has 3 heterocycles. The van der Waals surface area contributed by atoms with Crippen LogP contribution in [0.2, 0.25) is 0 Å². The normalized spacial score (nSPS) is 18.6. The van der Waals surface area contributed by atoms with E-state index in [9.17, 15) is 14.4 Å².